The fourth-order valence-electron chi connectivity index (χ4n) is 1.42. The molecule has 0 unspecified atom stereocenters. The fourth-order valence-corrected chi connectivity index (χ4v) is 3.35. The number of nitrogens with one attached hydrogen (secondary N) is 1. The zero-order valence-corrected chi connectivity index (χ0v) is 14.8. The van der Waals surface area contributed by atoms with Gasteiger partial charge in [0.05, 0.1) is 4.92 Å². The second kappa shape index (κ2) is 6.41. The predicted molar refractivity (Wildman–Crippen MR) is 84.6 cm³/mol. The topological polar surface area (TPSA) is 89.3 Å². The van der Waals surface area contributed by atoms with Crippen LogP contribution in [0.2, 0.25) is 0 Å². The monoisotopic (exact) mass is 378 g/mol. The van der Waals surface area contributed by atoms with Gasteiger partial charge in [0.25, 0.3) is 5.69 Å². The third-order valence-corrected chi connectivity index (χ3v) is 5.61. The summed E-state index contributed by atoms with van der Waals surface area (Å²) in [6.07, 6.45) is 0. The summed E-state index contributed by atoms with van der Waals surface area (Å²) < 4.78 is 27.6. The minimum absolute atomic E-state index is 0.205. The van der Waals surface area contributed by atoms with Crippen molar-refractivity contribution >= 4 is 31.6 Å². The predicted octanol–water partition coefficient (Wildman–Crippen LogP) is 3.32. The van der Waals surface area contributed by atoms with Gasteiger partial charge < -0.3 is 0 Å². The summed E-state index contributed by atoms with van der Waals surface area (Å²) in [4.78, 5) is 9.96. The number of sulfonamides is 1. The summed E-state index contributed by atoms with van der Waals surface area (Å²) >= 11 is 3.14. The quantitative estimate of drug-likeness (QED) is 0.607. The van der Waals surface area contributed by atoms with Crippen molar-refractivity contribution in [2.45, 2.75) is 32.6 Å². The van der Waals surface area contributed by atoms with Crippen LogP contribution in [0.5, 0.6) is 0 Å². The van der Waals surface area contributed by atoms with Crippen molar-refractivity contribution in [3.63, 3.8) is 0 Å². The fraction of sp³-hybridized carbons (Fsp3) is 0.538. The molecule has 0 radical (unpaired) electrons. The number of hydrogen-bond acceptors (Lipinski definition) is 4. The molecule has 0 aliphatic carbocycles. The van der Waals surface area contributed by atoms with Gasteiger partial charge in [-0.25, -0.2) is 13.1 Å². The van der Waals surface area contributed by atoms with Crippen molar-refractivity contribution in [1.29, 1.82) is 0 Å². The second-order valence-corrected chi connectivity index (χ2v) is 8.49. The Morgan fingerprint density at radius 1 is 1.38 bits per heavy atom. The Bertz CT molecular complexity index is 642. The minimum atomic E-state index is -3.95. The van der Waals surface area contributed by atoms with E-state index in [0.717, 1.165) is 0 Å². The Morgan fingerprint density at radius 3 is 2.43 bits per heavy atom. The maximum Gasteiger partial charge on any atom is 0.289 e. The molecule has 0 fully saturated rings. The summed E-state index contributed by atoms with van der Waals surface area (Å²) in [6, 6.07) is 3.85. The van der Waals surface area contributed by atoms with Gasteiger partial charge in [-0.1, -0.05) is 43.6 Å². The maximum absolute atomic E-state index is 12.3. The standard InChI is InChI=1S/C13H19BrN2O4S/c1-9(2)13(3,4)8-15-21(19,20)12-7-10(14)5-6-11(12)16(17)18/h5-7,9,15H,8H2,1-4H3. The molecule has 0 aliphatic rings. The van der Waals surface area contributed by atoms with Crippen LogP contribution in [0.15, 0.2) is 27.6 Å². The van der Waals surface area contributed by atoms with Crippen molar-refractivity contribution in [1.82, 2.24) is 4.72 Å². The molecule has 0 aliphatic heterocycles. The zero-order chi connectivity index (χ0) is 16.4. The smallest absolute Gasteiger partial charge is 0.258 e. The first-order valence-electron chi connectivity index (χ1n) is 6.41. The zero-order valence-electron chi connectivity index (χ0n) is 12.4. The van der Waals surface area contributed by atoms with E-state index in [-0.39, 0.29) is 22.8 Å². The third kappa shape index (κ3) is 4.49. The first kappa shape index (κ1) is 18.1. The average molecular weight is 379 g/mol. The lowest BCUT2D eigenvalue weighted by Crippen LogP contribution is -2.37. The Kier molecular flexibility index (Phi) is 5.51. The Balaban J connectivity index is 3.15. The van der Waals surface area contributed by atoms with Gasteiger partial charge in [0.2, 0.25) is 10.0 Å². The van der Waals surface area contributed by atoms with Crippen LogP contribution in [-0.2, 0) is 10.0 Å². The molecule has 0 spiro atoms. The van der Waals surface area contributed by atoms with Crippen LogP contribution in [0.25, 0.3) is 0 Å². The molecule has 8 heteroatoms. The summed E-state index contributed by atoms with van der Waals surface area (Å²) in [7, 11) is -3.95. The molecule has 0 bridgehead atoms. The van der Waals surface area contributed by atoms with Gasteiger partial charge in [-0.15, -0.1) is 0 Å². The van der Waals surface area contributed by atoms with Crippen molar-refractivity contribution in [3.05, 3.63) is 32.8 Å². The molecule has 21 heavy (non-hydrogen) atoms. The highest BCUT2D eigenvalue weighted by Crippen LogP contribution is 2.29. The lowest BCUT2D eigenvalue weighted by molar-refractivity contribution is -0.387. The van der Waals surface area contributed by atoms with Crippen molar-refractivity contribution in [3.8, 4) is 0 Å². The van der Waals surface area contributed by atoms with Crippen LogP contribution in [0.1, 0.15) is 27.7 Å². The molecule has 1 aromatic carbocycles. The van der Waals surface area contributed by atoms with Crippen LogP contribution in [0.4, 0.5) is 5.69 Å². The molecule has 0 amide bonds. The van der Waals surface area contributed by atoms with Gasteiger partial charge in [-0.05, 0) is 23.5 Å². The lowest BCUT2D eigenvalue weighted by Gasteiger charge is -2.29. The van der Waals surface area contributed by atoms with E-state index in [0.29, 0.717) is 4.47 Å². The maximum atomic E-state index is 12.3. The summed E-state index contributed by atoms with van der Waals surface area (Å²) in [5.74, 6) is 0.262. The van der Waals surface area contributed by atoms with Crippen LogP contribution in [-0.4, -0.2) is 19.9 Å². The van der Waals surface area contributed by atoms with Crippen molar-refractivity contribution < 1.29 is 13.3 Å². The van der Waals surface area contributed by atoms with Crippen molar-refractivity contribution in [2.24, 2.45) is 11.3 Å². The number of rotatable bonds is 6. The largest absolute Gasteiger partial charge is 0.289 e. The molecule has 0 heterocycles. The van der Waals surface area contributed by atoms with Gasteiger partial charge in [-0.2, -0.15) is 0 Å². The molecule has 1 N–H and O–H groups in total. The van der Waals surface area contributed by atoms with Crippen LogP contribution < -0.4 is 4.72 Å². The molecular formula is C13H19BrN2O4S. The Morgan fingerprint density at radius 2 is 1.95 bits per heavy atom. The highest BCUT2D eigenvalue weighted by Gasteiger charge is 2.29. The number of nitro benzene ring substituents is 1. The van der Waals surface area contributed by atoms with Crippen LogP contribution in [0, 0.1) is 21.4 Å². The van der Waals surface area contributed by atoms with Crippen molar-refractivity contribution in [2.75, 3.05) is 6.54 Å². The Hall–Kier alpha value is -0.990. The second-order valence-electron chi connectivity index (χ2n) is 5.84. The van der Waals surface area contributed by atoms with E-state index >= 15 is 0 Å². The van der Waals surface area contributed by atoms with E-state index in [1.165, 1.54) is 18.2 Å². The highest BCUT2D eigenvalue weighted by molar-refractivity contribution is 9.10. The lowest BCUT2D eigenvalue weighted by atomic mass is 9.81. The minimum Gasteiger partial charge on any atom is -0.258 e. The molecule has 0 atom stereocenters. The molecule has 0 saturated carbocycles. The van der Waals surface area contributed by atoms with Crippen LogP contribution >= 0.6 is 15.9 Å². The average Bonchev–Trinajstić information content (AvgIpc) is 2.36. The summed E-state index contributed by atoms with van der Waals surface area (Å²) in [6.45, 7) is 8.08. The Labute approximate surface area is 133 Å². The molecular weight excluding hydrogens is 360 g/mol. The van der Waals surface area contributed by atoms with Gasteiger partial charge in [0.1, 0.15) is 0 Å². The van der Waals surface area contributed by atoms with Gasteiger partial charge in [-0.3, -0.25) is 10.1 Å². The van der Waals surface area contributed by atoms with Crippen LogP contribution in [0.3, 0.4) is 0 Å². The first-order chi connectivity index (χ1) is 9.47. The molecule has 0 aromatic heterocycles. The van der Waals surface area contributed by atoms with E-state index < -0.39 is 20.6 Å². The normalized spacial score (nSPS) is 12.7. The van der Waals surface area contributed by atoms with E-state index in [2.05, 4.69) is 20.7 Å². The summed E-state index contributed by atoms with van der Waals surface area (Å²) in [5, 5.41) is 11.0. The van der Waals surface area contributed by atoms with Gasteiger partial charge in [0.15, 0.2) is 4.90 Å². The van der Waals surface area contributed by atoms with E-state index in [9.17, 15) is 18.5 Å². The molecule has 1 rings (SSSR count). The van der Waals surface area contributed by atoms with Gasteiger partial charge >= 0.3 is 0 Å². The molecule has 118 valence electrons. The molecule has 0 saturated heterocycles. The van der Waals surface area contributed by atoms with E-state index in [4.69, 9.17) is 0 Å². The number of benzene rings is 1. The SMILES string of the molecule is CC(C)C(C)(C)CNS(=O)(=O)c1cc(Br)ccc1[N+](=O)[O-]. The third-order valence-electron chi connectivity index (χ3n) is 3.69. The highest BCUT2D eigenvalue weighted by atomic mass is 79.9. The van der Waals surface area contributed by atoms with E-state index in [1.54, 1.807) is 0 Å². The first-order valence-corrected chi connectivity index (χ1v) is 8.68. The molecule has 1 aromatic rings. The number of hydrogen-bond donors (Lipinski definition) is 1. The summed E-state index contributed by atoms with van der Waals surface area (Å²) in [5.41, 5.74) is -0.693. The number of nitro groups is 1. The molecule has 6 nitrogen and oxygen atoms in total. The number of nitrogens with zero attached hydrogens (tertiary/aromatic N) is 1. The van der Waals surface area contributed by atoms with E-state index in [1.807, 2.05) is 27.7 Å². The van der Waals surface area contributed by atoms with Gasteiger partial charge in [0, 0.05) is 17.1 Å². The number of halogens is 1.